The predicted octanol–water partition coefficient (Wildman–Crippen LogP) is 2.80. The fraction of sp³-hybridized carbons (Fsp3) is 0.364. The van der Waals surface area contributed by atoms with Crippen LogP contribution < -0.4 is 5.73 Å². The van der Waals surface area contributed by atoms with E-state index in [-0.39, 0.29) is 6.04 Å². The number of nitrogens with two attached hydrogens (primary N) is 1. The van der Waals surface area contributed by atoms with Crippen LogP contribution >= 0.6 is 27.3 Å². The lowest BCUT2D eigenvalue weighted by Gasteiger charge is -2.10. The van der Waals surface area contributed by atoms with Crippen molar-refractivity contribution in [3.8, 4) is 0 Å². The average molecular weight is 300 g/mol. The lowest BCUT2D eigenvalue weighted by atomic mass is 10.1. The Kier molecular flexibility index (Phi) is 3.47. The van der Waals surface area contributed by atoms with Gasteiger partial charge in [0, 0.05) is 40.1 Å². The number of hydrogen-bond donors (Lipinski definition) is 1. The molecule has 0 radical (unpaired) electrons. The molecule has 86 valence electrons. The van der Waals surface area contributed by atoms with Crippen molar-refractivity contribution in [3.05, 3.63) is 38.3 Å². The molecule has 1 atom stereocenters. The number of thiophene rings is 1. The van der Waals surface area contributed by atoms with Gasteiger partial charge in [0.1, 0.15) is 0 Å². The van der Waals surface area contributed by atoms with E-state index in [0.717, 1.165) is 22.2 Å². The first-order chi connectivity index (χ1) is 7.59. The summed E-state index contributed by atoms with van der Waals surface area (Å²) in [7, 11) is 1.94. The minimum atomic E-state index is 0.0173. The summed E-state index contributed by atoms with van der Waals surface area (Å²) < 4.78 is 3.01. The van der Waals surface area contributed by atoms with Crippen LogP contribution in [-0.4, -0.2) is 9.78 Å². The summed E-state index contributed by atoms with van der Waals surface area (Å²) in [5.74, 6) is 0. The van der Waals surface area contributed by atoms with E-state index in [0.29, 0.717) is 0 Å². The van der Waals surface area contributed by atoms with Gasteiger partial charge in [0.05, 0.1) is 6.20 Å². The summed E-state index contributed by atoms with van der Waals surface area (Å²) >= 11 is 5.26. The van der Waals surface area contributed by atoms with E-state index in [9.17, 15) is 0 Å². The zero-order chi connectivity index (χ0) is 11.7. The molecule has 0 saturated heterocycles. The van der Waals surface area contributed by atoms with Gasteiger partial charge in [-0.3, -0.25) is 4.68 Å². The molecule has 0 fully saturated rings. The Labute approximate surface area is 107 Å². The maximum Gasteiger partial charge on any atom is 0.0540 e. The molecule has 2 aromatic rings. The molecule has 2 N–H and O–H groups in total. The lowest BCUT2D eigenvalue weighted by Crippen LogP contribution is -2.13. The molecule has 0 aromatic carbocycles. The van der Waals surface area contributed by atoms with Crippen LogP contribution in [0.15, 0.2) is 22.1 Å². The molecular weight excluding hydrogens is 286 g/mol. The molecule has 0 aliphatic rings. The Hall–Kier alpha value is -0.650. The van der Waals surface area contributed by atoms with Gasteiger partial charge >= 0.3 is 0 Å². The van der Waals surface area contributed by atoms with Crippen LogP contribution in [0, 0.1) is 6.92 Å². The molecular formula is C11H14BrN3S. The number of aromatic nitrogens is 2. The van der Waals surface area contributed by atoms with E-state index in [1.807, 2.05) is 24.9 Å². The van der Waals surface area contributed by atoms with Crippen molar-refractivity contribution in [2.24, 2.45) is 12.8 Å². The van der Waals surface area contributed by atoms with Crippen LogP contribution in [0.3, 0.4) is 0 Å². The second-order valence-electron chi connectivity index (χ2n) is 3.81. The summed E-state index contributed by atoms with van der Waals surface area (Å²) in [4.78, 5) is 1.29. The molecule has 0 saturated carbocycles. The normalized spacial score (nSPS) is 13.0. The maximum absolute atomic E-state index is 6.20. The molecule has 0 bridgehead atoms. The van der Waals surface area contributed by atoms with Gasteiger partial charge in [-0.2, -0.15) is 5.10 Å². The van der Waals surface area contributed by atoms with Crippen molar-refractivity contribution in [1.29, 1.82) is 0 Å². The van der Waals surface area contributed by atoms with Gasteiger partial charge in [-0.05, 0) is 34.3 Å². The second-order valence-corrected chi connectivity index (χ2v) is 5.67. The van der Waals surface area contributed by atoms with Crippen LogP contribution in [0.1, 0.15) is 22.2 Å². The van der Waals surface area contributed by atoms with Gasteiger partial charge < -0.3 is 5.73 Å². The minimum absolute atomic E-state index is 0.0173. The highest BCUT2D eigenvalue weighted by Crippen LogP contribution is 2.27. The van der Waals surface area contributed by atoms with Gasteiger partial charge in [-0.25, -0.2) is 0 Å². The summed E-state index contributed by atoms with van der Waals surface area (Å²) in [6, 6.07) is 2.08. The second kappa shape index (κ2) is 4.69. The number of halogens is 1. The molecule has 0 aliphatic heterocycles. The van der Waals surface area contributed by atoms with Crippen molar-refractivity contribution in [2.45, 2.75) is 19.4 Å². The van der Waals surface area contributed by atoms with E-state index in [1.165, 1.54) is 4.88 Å². The molecule has 2 aromatic heterocycles. The first-order valence-electron chi connectivity index (χ1n) is 5.05. The smallest absolute Gasteiger partial charge is 0.0540 e. The Morgan fingerprint density at radius 1 is 1.62 bits per heavy atom. The molecule has 0 aliphatic carbocycles. The quantitative estimate of drug-likeness (QED) is 0.947. The SMILES string of the molecule is Cc1c(C(N)Cc2sccc2Br)cnn1C. The Bertz CT molecular complexity index is 489. The van der Waals surface area contributed by atoms with Crippen molar-refractivity contribution in [1.82, 2.24) is 9.78 Å². The molecule has 0 amide bonds. The highest BCUT2D eigenvalue weighted by atomic mass is 79.9. The summed E-state index contributed by atoms with van der Waals surface area (Å²) in [6.45, 7) is 2.05. The van der Waals surface area contributed by atoms with Gasteiger partial charge in [-0.1, -0.05) is 0 Å². The highest BCUT2D eigenvalue weighted by molar-refractivity contribution is 9.10. The van der Waals surface area contributed by atoms with Crippen molar-refractivity contribution in [3.63, 3.8) is 0 Å². The monoisotopic (exact) mass is 299 g/mol. The highest BCUT2D eigenvalue weighted by Gasteiger charge is 2.14. The fourth-order valence-corrected chi connectivity index (χ4v) is 3.23. The van der Waals surface area contributed by atoms with Gasteiger partial charge in [0.2, 0.25) is 0 Å². The number of hydrogen-bond acceptors (Lipinski definition) is 3. The lowest BCUT2D eigenvalue weighted by molar-refractivity contribution is 0.704. The topological polar surface area (TPSA) is 43.8 Å². The van der Waals surface area contributed by atoms with Gasteiger partial charge in [0.15, 0.2) is 0 Å². The van der Waals surface area contributed by atoms with E-state index in [2.05, 4.69) is 32.5 Å². The summed E-state index contributed by atoms with van der Waals surface area (Å²) in [6.07, 6.45) is 2.71. The molecule has 16 heavy (non-hydrogen) atoms. The fourth-order valence-electron chi connectivity index (χ4n) is 1.66. The number of aryl methyl sites for hydroxylation is 1. The third-order valence-corrected chi connectivity index (χ3v) is 4.72. The first kappa shape index (κ1) is 11.8. The van der Waals surface area contributed by atoms with Gasteiger partial charge in [-0.15, -0.1) is 11.3 Å². The van der Waals surface area contributed by atoms with E-state index >= 15 is 0 Å². The Morgan fingerprint density at radius 2 is 2.38 bits per heavy atom. The Balaban J connectivity index is 2.18. The van der Waals surface area contributed by atoms with E-state index in [4.69, 9.17) is 5.73 Å². The van der Waals surface area contributed by atoms with Crippen LogP contribution in [-0.2, 0) is 13.5 Å². The molecule has 3 nitrogen and oxygen atoms in total. The third kappa shape index (κ3) is 2.21. The molecule has 2 rings (SSSR count). The van der Waals surface area contributed by atoms with E-state index < -0.39 is 0 Å². The van der Waals surface area contributed by atoms with Crippen molar-refractivity contribution in [2.75, 3.05) is 0 Å². The molecule has 1 unspecified atom stereocenters. The van der Waals surface area contributed by atoms with Crippen LogP contribution in [0.25, 0.3) is 0 Å². The summed E-state index contributed by atoms with van der Waals surface area (Å²) in [5, 5.41) is 6.29. The minimum Gasteiger partial charge on any atom is -0.324 e. The van der Waals surface area contributed by atoms with Crippen molar-refractivity contribution < 1.29 is 0 Å². The van der Waals surface area contributed by atoms with Crippen LogP contribution in [0.2, 0.25) is 0 Å². The maximum atomic E-state index is 6.20. The van der Waals surface area contributed by atoms with Crippen LogP contribution in [0.5, 0.6) is 0 Å². The van der Waals surface area contributed by atoms with Crippen molar-refractivity contribution >= 4 is 27.3 Å². The molecule has 2 heterocycles. The molecule has 0 spiro atoms. The predicted molar refractivity (Wildman–Crippen MR) is 70.6 cm³/mol. The first-order valence-corrected chi connectivity index (χ1v) is 6.72. The van der Waals surface area contributed by atoms with E-state index in [1.54, 1.807) is 11.3 Å². The number of nitrogens with zero attached hydrogens (tertiary/aromatic N) is 2. The summed E-state index contributed by atoms with van der Waals surface area (Å²) in [5.41, 5.74) is 8.47. The Morgan fingerprint density at radius 3 is 2.88 bits per heavy atom. The zero-order valence-corrected chi connectivity index (χ0v) is 11.7. The largest absolute Gasteiger partial charge is 0.324 e. The zero-order valence-electron chi connectivity index (χ0n) is 9.27. The average Bonchev–Trinajstić information content (AvgIpc) is 2.77. The third-order valence-electron chi connectivity index (χ3n) is 2.77. The van der Waals surface area contributed by atoms with Gasteiger partial charge in [0.25, 0.3) is 0 Å². The standard InChI is InChI=1S/C11H14BrN3S/c1-7-8(6-14-15(7)2)10(13)5-11-9(12)3-4-16-11/h3-4,6,10H,5,13H2,1-2H3. The number of rotatable bonds is 3. The van der Waals surface area contributed by atoms with Crippen LogP contribution in [0.4, 0.5) is 0 Å². The molecule has 5 heteroatoms.